The minimum atomic E-state index is -2.99. The van der Waals surface area contributed by atoms with Crippen LogP contribution < -0.4 is 30.7 Å². The molecule has 0 aliphatic rings. The maximum Gasteiger partial charge on any atom is 0.245 e. The van der Waals surface area contributed by atoms with Gasteiger partial charge in [-0.05, 0) is 59.6 Å². The van der Waals surface area contributed by atoms with Gasteiger partial charge in [-0.2, -0.15) is 0 Å². The lowest BCUT2D eigenvalue weighted by Crippen LogP contribution is -2.38. The first kappa shape index (κ1) is 23.5. The monoisotopic (exact) mass is 456 g/mol. The zero-order valence-electron chi connectivity index (χ0n) is 18.9. The Morgan fingerprint density at radius 2 is 1.03 bits per heavy atom. The molecular formula is C24H30N2O3P2. The molecule has 7 heteroatoms. The average Bonchev–Trinajstić information content (AvgIpc) is 2.79. The van der Waals surface area contributed by atoms with E-state index >= 15 is 0 Å². The predicted molar refractivity (Wildman–Crippen MR) is 133 cm³/mol. The first-order valence-corrected chi connectivity index (χ1v) is 12.9. The summed E-state index contributed by atoms with van der Waals surface area (Å²) in [7, 11) is 6.74. The number of ether oxygens (including phenoxy) is 2. The van der Waals surface area contributed by atoms with E-state index in [9.17, 15) is 4.57 Å². The van der Waals surface area contributed by atoms with Gasteiger partial charge in [-0.25, -0.2) is 9.34 Å². The van der Waals surface area contributed by atoms with Crippen LogP contribution in [0, 0.1) is 0 Å². The smallest absolute Gasteiger partial charge is 0.245 e. The summed E-state index contributed by atoms with van der Waals surface area (Å²) in [5, 5.41) is 3.96. The molecule has 164 valence electrons. The number of para-hydroxylation sites is 2. The van der Waals surface area contributed by atoms with Gasteiger partial charge < -0.3 is 9.47 Å². The van der Waals surface area contributed by atoms with Gasteiger partial charge in [-0.15, -0.1) is 0 Å². The third-order valence-electron chi connectivity index (χ3n) is 5.17. The molecule has 3 aromatic rings. The van der Waals surface area contributed by atoms with Gasteiger partial charge in [0.25, 0.3) is 0 Å². The molecule has 0 spiro atoms. The topological polar surface area (TPSA) is 42.0 Å². The van der Waals surface area contributed by atoms with Crippen LogP contribution in [-0.4, -0.2) is 51.8 Å². The van der Waals surface area contributed by atoms with E-state index in [0.717, 1.165) is 32.7 Å². The Balaban J connectivity index is 2.40. The molecule has 5 nitrogen and oxygen atoms in total. The van der Waals surface area contributed by atoms with Crippen molar-refractivity contribution in [3.8, 4) is 11.5 Å². The van der Waals surface area contributed by atoms with Crippen LogP contribution in [-0.2, 0) is 4.57 Å². The van der Waals surface area contributed by atoms with Crippen LogP contribution in [0.15, 0.2) is 72.8 Å². The van der Waals surface area contributed by atoms with E-state index in [1.54, 1.807) is 14.2 Å². The Morgan fingerprint density at radius 1 is 0.645 bits per heavy atom. The first-order valence-electron chi connectivity index (χ1n) is 9.97. The largest absolute Gasteiger partial charge is 0.496 e. The molecule has 0 unspecified atom stereocenters. The van der Waals surface area contributed by atoms with Crippen molar-refractivity contribution in [3.63, 3.8) is 0 Å². The van der Waals surface area contributed by atoms with E-state index in [0.29, 0.717) is 0 Å². The maximum atomic E-state index is 14.3. The third kappa shape index (κ3) is 4.42. The van der Waals surface area contributed by atoms with Gasteiger partial charge in [0.05, 0.1) is 14.2 Å². The Bertz CT molecular complexity index is 1030. The van der Waals surface area contributed by atoms with Crippen molar-refractivity contribution >= 4 is 36.6 Å². The molecular weight excluding hydrogens is 426 g/mol. The van der Waals surface area contributed by atoms with Gasteiger partial charge >= 0.3 is 0 Å². The molecule has 3 rings (SSSR count). The highest BCUT2D eigenvalue weighted by Crippen LogP contribution is 2.50. The lowest BCUT2D eigenvalue weighted by atomic mass is 10.3. The summed E-state index contributed by atoms with van der Waals surface area (Å²) in [6.07, 6.45) is 0. The summed E-state index contributed by atoms with van der Waals surface area (Å²) < 4.78 is 29.5. The Labute approximate surface area is 186 Å². The summed E-state index contributed by atoms with van der Waals surface area (Å²) in [6.45, 7) is 0. The standard InChI is InChI=1S/C24H30N2O3P2/c1-25(2)31(27,26(3)4)24-18-12-11-17-23(24)30(21-15-9-7-13-19(21)28-5)22-16-10-8-14-20(22)29-6/h7-18H,1-6H3. The molecule has 0 radical (unpaired) electrons. The van der Waals surface area contributed by atoms with Gasteiger partial charge in [0, 0.05) is 15.9 Å². The van der Waals surface area contributed by atoms with Crippen LogP contribution in [0.5, 0.6) is 11.5 Å². The molecule has 0 fully saturated rings. The van der Waals surface area contributed by atoms with E-state index in [4.69, 9.17) is 9.47 Å². The second kappa shape index (κ2) is 9.97. The molecule has 0 aliphatic carbocycles. The van der Waals surface area contributed by atoms with Gasteiger partial charge in [-0.1, -0.05) is 54.6 Å². The molecule has 0 heterocycles. The Kier molecular flexibility index (Phi) is 7.56. The van der Waals surface area contributed by atoms with Crippen molar-refractivity contribution < 1.29 is 14.0 Å². The fourth-order valence-electron chi connectivity index (χ4n) is 3.71. The number of hydrogen-bond acceptors (Lipinski definition) is 3. The minimum absolute atomic E-state index is 0.804. The van der Waals surface area contributed by atoms with Crippen LogP contribution in [0.4, 0.5) is 0 Å². The molecule has 0 saturated heterocycles. The molecule has 0 aromatic heterocycles. The normalized spacial score (nSPS) is 11.9. The van der Waals surface area contributed by atoms with Crippen molar-refractivity contribution in [2.24, 2.45) is 0 Å². The van der Waals surface area contributed by atoms with E-state index in [2.05, 4.69) is 18.2 Å². The number of nitrogens with zero attached hydrogens (tertiary/aromatic N) is 2. The summed E-state index contributed by atoms with van der Waals surface area (Å²) in [5.74, 6) is 1.61. The fourth-order valence-corrected chi connectivity index (χ4v) is 9.19. The van der Waals surface area contributed by atoms with Crippen LogP contribution in [0.2, 0.25) is 0 Å². The summed E-state index contributed by atoms with van der Waals surface area (Å²) >= 11 is 0. The van der Waals surface area contributed by atoms with Crippen LogP contribution in [0.25, 0.3) is 0 Å². The van der Waals surface area contributed by atoms with Crippen molar-refractivity contribution in [2.45, 2.75) is 0 Å². The molecule has 0 amide bonds. The summed E-state index contributed by atoms with van der Waals surface area (Å²) in [5.41, 5.74) is 0. The summed E-state index contributed by atoms with van der Waals surface area (Å²) in [4.78, 5) is 0. The predicted octanol–water partition coefficient (Wildman–Crippen LogP) is 3.40. The highest BCUT2D eigenvalue weighted by Gasteiger charge is 2.36. The quantitative estimate of drug-likeness (QED) is 0.486. The Morgan fingerprint density at radius 3 is 1.45 bits per heavy atom. The second-order valence-electron chi connectivity index (χ2n) is 7.41. The number of hydrogen-bond donors (Lipinski definition) is 0. The van der Waals surface area contributed by atoms with E-state index in [-0.39, 0.29) is 0 Å². The second-order valence-corrected chi connectivity index (χ2v) is 12.7. The third-order valence-corrected chi connectivity index (χ3v) is 11.1. The molecule has 3 aromatic carbocycles. The SMILES string of the molecule is COc1ccccc1P(c1ccccc1OC)c1ccccc1P(=O)(N(C)C)N(C)C. The highest BCUT2D eigenvalue weighted by molar-refractivity contribution is 7.82. The highest BCUT2D eigenvalue weighted by atomic mass is 31.2. The summed E-state index contributed by atoms with van der Waals surface area (Å²) in [6, 6.07) is 24.1. The van der Waals surface area contributed by atoms with Crippen molar-refractivity contribution in [3.05, 3.63) is 72.8 Å². The number of methoxy groups -OCH3 is 2. The van der Waals surface area contributed by atoms with Gasteiger partial charge in [0.15, 0.2) is 0 Å². The van der Waals surface area contributed by atoms with Gasteiger partial charge in [-0.3, -0.25) is 4.57 Å². The number of rotatable bonds is 8. The van der Waals surface area contributed by atoms with Crippen LogP contribution in [0.1, 0.15) is 0 Å². The van der Waals surface area contributed by atoms with E-state index < -0.39 is 15.4 Å². The molecule has 0 N–H and O–H groups in total. The molecule has 0 bridgehead atoms. The molecule has 0 atom stereocenters. The van der Waals surface area contributed by atoms with Crippen LogP contribution >= 0.6 is 15.4 Å². The van der Waals surface area contributed by atoms with Crippen molar-refractivity contribution in [2.75, 3.05) is 42.4 Å². The van der Waals surface area contributed by atoms with Crippen molar-refractivity contribution in [1.82, 2.24) is 9.34 Å². The zero-order valence-corrected chi connectivity index (χ0v) is 20.7. The van der Waals surface area contributed by atoms with Gasteiger partial charge in [0.1, 0.15) is 11.5 Å². The molecule has 0 aliphatic heterocycles. The Hall–Kier alpha value is -2.16. The fraction of sp³-hybridized carbons (Fsp3) is 0.250. The molecule has 31 heavy (non-hydrogen) atoms. The van der Waals surface area contributed by atoms with Crippen molar-refractivity contribution in [1.29, 1.82) is 0 Å². The van der Waals surface area contributed by atoms with Crippen LogP contribution in [0.3, 0.4) is 0 Å². The van der Waals surface area contributed by atoms with E-state index in [1.165, 1.54) is 0 Å². The molecule has 0 saturated carbocycles. The zero-order chi connectivity index (χ0) is 22.6. The lowest BCUT2D eigenvalue weighted by molar-refractivity contribution is 0.417. The minimum Gasteiger partial charge on any atom is -0.496 e. The first-order chi connectivity index (χ1) is 14.9. The maximum absolute atomic E-state index is 14.3. The number of benzene rings is 3. The van der Waals surface area contributed by atoms with E-state index in [1.807, 2.05) is 92.1 Å². The lowest BCUT2D eigenvalue weighted by Gasteiger charge is -2.34. The van der Waals surface area contributed by atoms with Gasteiger partial charge in [0.2, 0.25) is 7.44 Å². The average molecular weight is 456 g/mol.